The van der Waals surface area contributed by atoms with Crippen LogP contribution in [0.5, 0.6) is 0 Å². The maximum absolute atomic E-state index is 14.3. The van der Waals surface area contributed by atoms with E-state index in [2.05, 4.69) is 20.9 Å². The SMILES string of the molecule is CNc1ccc(Nc2ccc(NC(=O)c3cc[nH]c3)cc2F)c(F)c1. The summed E-state index contributed by atoms with van der Waals surface area (Å²) in [5, 5.41) is 8.12. The summed E-state index contributed by atoms with van der Waals surface area (Å²) in [6, 6.07) is 10.3. The van der Waals surface area contributed by atoms with Gasteiger partial charge in [0.05, 0.1) is 16.9 Å². The molecule has 0 fully saturated rings. The van der Waals surface area contributed by atoms with Crippen LogP contribution in [0, 0.1) is 11.6 Å². The van der Waals surface area contributed by atoms with Crippen LogP contribution in [-0.4, -0.2) is 17.9 Å². The van der Waals surface area contributed by atoms with Gasteiger partial charge in [0.1, 0.15) is 11.6 Å². The molecule has 2 aromatic carbocycles. The first-order valence-corrected chi connectivity index (χ1v) is 7.55. The zero-order valence-electron chi connectivity index (χ0n) is 13.4. The molecule has 0 bridgehead atoms. The number of benzene rings is 2. The van der Waals surface area contributed by atoms with E-state index in [9.17, 15) is 13.6 Å². The Morgan fingerprint density at radius 2 is 1.60 bits per heavy atom. The molecule has 0 aliphatic rings. The average molecular weight is 342 g/mol. The highest BCUT2D eigenvalue weighted by Crippen LogP contribution is 2.26. The number of aromatic amines is 1. The minimum absolute atomic E-state index is 0.107. The van der Waals surface area contributed by atoms with Crippen molar-refractivity contribution >= 4 is 28.7 Å². The molecular formula is C18H16F2N4O. The van der Waals surface area contributed by atoms with E-state index in [-0.39, 0.29) is 17.3 Å². The molecule has 5 nitrogen and oxygen atoms in total. The van der Waals surface area contributed by atoms with Crippen molar-refractivity contribution in [2.75, 3.05) is 23.0 Å². The molecule has 3 aromatic rings. The fourth-order valence-electron chi connectivity index (χ4n) is 2.28. The van der Waals surface area contributed by atoms with Gasteiger partial charge in [-0.25, -0.2) is 8.78 Å². The Hall–Kier alpha value is -3.35. The van der Waals surface area contributed by atoms with Crippen molar-refractivity contribution in [2.24, 2.45) is 0 Å². The summed E-state index contributed by atoms with van der Waals surface area (Å²) in [5.74, 6) is -1.46. The van der Waals surface area contributed by atoms with Gasteiger partial charge in [-0.3, -0.25) is 4.79 Å². The number of amides is 1. The van der Waals surface area contributed by atoms with Gasteiger partial charge in [0.2, 0.25) is 0 Å². The molecule has 25 heavy (non-hydrogen) atoms. The third-order valence-corrected chi connectivity index (χ3v) is 3.61. The van der Waals surface area contributed by atoms with Gasteiger partial charge in [-0.1, -0.05) is 0 Å². The number of rotatable bonds is 5. The number of nitrogens with one attached hydrogen (secondary N) is 4. The van der Waals surface area contributed by atoms with E-state index in [1.165, 1.54) is 30.3 Å². The molecule has 0 radical (unpaired) electrons. The lowest BCUT2D eigenvalue weighted by Gasteiger charge is -2.11. The molecule has 0 unspecified atom stereocenters. The molecule has 1 heterocycles. The van der Waals surface area contributed by atoms with Crippen LogP contribution in [0.3, 0.4) is 0 Å². The van der Waals surface area contributed by atoms with Crippen LogP contribution in [0.2, 0.25) is 0 Å². The molecule has 0 aliphatic carbocycles. The first-order valence-electron chi connectivity index (χ1n) is 7.55. The number of aromatic nitrogens is 1. The maximum Gasteiger partial charge on any atom is 0.257 e. The van der Waals surface area contributed by atoms with E-state index in [0.717, 1.165) is 0 Å². The number of H-pyrrole nitrogens is 1. The molecular weight excluding hydrogens is 326 g/mol. The van der Waals surface area contributed by atoms with E-state index in [1.54, 1.807) is 31.6 Å². The minimum atomic E-state index is -0.607. The van der Waals surface area contributed by atoms with E-state index in [1.807, 2.05) is 0 Å². The monoisotopic (exact) mass is 342 g/mol. The minimum Gasteiger partial charge on any atom is -0.388 e. The van der Waals surface area contributed by atoms with Gasteiger partial charge in [-0.15, -0.1) is 0 Å². The molecule has 128 valence electrons. The van der Waals surface area contributed by atoms with E-state index >= 15 is 0 Å². The van der Waals surface area contributed by atoms with Crippen molar-refractivity contribution < 1.29 is 13.6 Å². The Morgan fingerprint density at radius 1 is 0.960 bits per heavy atom. The van der Waals surface area contributed by atoms with Crippen LogP contribution in [0.4, 0.5) is 31.5 Å². The lowest BCUT2D eigenvalue weighted by molar-refractivity contribution is 0.102. The molecule has 7 heteroatoms. The van der Waals surface area contributed by atoms with Crippen molar-refractivity contribution in [1.82, 2.24) is 4.98 Å². The van der Waals surface area contributed by atoms with Gasteiger partial charge in [0.25, 0.3) is 5.91 Å². The quantitative estimate of drug-likeness (QED) is 0.558. The van der Waals surface area contributed by atoms with Crippen molar-refractivity contribution in [3.05, 3.63) is 72.1 Å². The average Bonchev–Trinajstić information content (AvgIpc) is 3.13. The fourth-order valence-corrected chi connectivity index (χ4v) is 2.28. The Labute approximate surface area is 143 Å². The second kappa shape index (κ2) is 7.04. The highest BCUT2D eigenvalue weighted by molar-refractivity contribution is 6.04. The summed E-state index contributed by atoms with van der Waals surface area (Å²) in [4.78, 5) is 14.7. The third-order valence-electron chi connectivity index (χ3n) is 3.61. The summed E-state index contributed by atoms with van der Waals surface area (Å²) >= 11 is 0. The molecule has 0 aliphatic heterocycles. The van der Waals surface area contributed by atoms with Crippen LogP contribution in [0.1, 0.15) is 10.4 Å². The highest BCUT2D eigenvalue weighted by atomic mass is 19.1. The van der Waals surface area contributed by atoms with E-state index in [0.29, 0.717) is 16.9 Å². The Balaban J connectivity index is 1.75. The number of carbonyl (C=O) groups excluding carboxylic acids is 1. The van der Waals surface area contributed by atoms with Gasteiger partial charge < -0.3 is 20.9 Å². The number of anilines is 4. The predicted octanol–water partition coefficient (Wildman–Crippen LogP) is 4.33. The predicted molar refractivity (Wildman–Crippen MR) is 94.4 cm³/mol. The molecule has 1 aromatic heterocycles. The smallest absolute Gasteiger partial charge is 0.257 e. The lowest BCUT2D eigenvalue weighted by Crippen LogP contribution is -2.11. The van der Waals surface area contributed by atoms with Crippen LogP contribution in [0.25, 0.3) is 0 Å². The van der Waals surface area contributed by atoms with Crippen molar-refractivity contribution in [3.8, 4) is 0 Å². The fraction of sp³-hybridized carbons (Fsp3) is 0.0556. The molecule has 0 atom stereocenters. The zero-order valence-corrected chi connectivity index (χ0v) is 13.4. The zero-order chi connectivity index (χ0) is 17.8. The maximum atomic E-state index is 14.3. The third kappa shape index (κ3) is 3.77. The lowest BCUT2D eigenvalue weighted by atomic mass is 10.2. The second-order valence-corrected chi connectivity index (χ2v) is 5.32. The van der Waals surface area contributed by atoms with Crippen LogP contribution < -0.4 is 16.0 Å². The number of halogens is 2. The Bertz CT molecular complexity index is 894. The van der Waals surface area contributed by atoms with Gasteiger partial charge in [-0.2, -0.15) is 0 Å². The van der Waals surface area contributed by atoms with Gasteiger partial charge in [-0.05, 0) is 42.5 Å². The number of hydrogen-bond donors (Lipinski definition) is 4. The molecule has 0 saturated carbocycles. The Morgan fingerprint density at radius 3 is 2.16 bits per heavy atom. The second-order valence-electron chi connectivity index (χ2n) is 5.32. The topological polar surface area (TPSA) is 68.9 Å². The van der Waals surface area contributed by atoms with Gasteiger partial charge in [0, 0.05) is 30.8 Å². The normalized spacial score (nSPS) is 10.4. The van der Waals surface area contributed by atoms with Crippen LogP contribution >= 0.6 is 0 Å². The summed E-state index contributed by atoms with van der Waals surface area (Å²) < 4.78 is 28.2. The molecule has 0 saturated heterocycles. The molecule has 0 spiro atoms. The summed E-state index contributed by atoms with van der Waals surface area (Å²) in [6.07, 6.45) is 3.16. The van der Waals surface area contributed by atoms with Crippen molar-refractivity contribution in [3.63, 3.8) is 0 Å². The molecule has 4 N–H and O–H groups in total. The summed E-state index contributed by atoms with van der Waals surface area (Å²) in [6.45, 7) is 0. The number of hydrogen-bond acceptors (Lipinski definition) is 3. The molecule has 3 rings (SSSR count). The van der Waals surface area contributed by atoms with E-state index < -0.39 is 11.6 Å². The summed E-state index contributed by atoms with van der Waals surface area (Å²) in [7, 11) is 1.68. The highest BCUT2D eigenvalue weighted by Gasteiger charge is 2.10. The summed E-state index contributed by atoms with van der Waals surface area (Å²) in [5.41, 5.74) is 1.62. The van der Waals surface area contributed by atoms with Crippen LogP contribution in [-0.2, 0) is 0 Å². The standard InChI is InChI=1S/C18H16F2N4O/c1-21-12-2-4-16(14(19)8-12)24-17-5-3-13(9-15(17)20)23-18(25)11-6-7-22-10-11/h2-10,21-22,24H,1H3,(H,23,25). The number of carbonyl (C=O) groups is 1. The largest absolute Gasteiger partial charge is 0.388 e. The Kier molecular flexibility index (Phi) is 4.65. The van der Waals surface area contributed by atoms with Crippen molar-refractivity contribution in [1.29, 1.82) is 0 Å². The van der Waals surface area contributed by atoms with Gasteiger partial charge in [0.15, 0.2) is 0 Å². The first kappa shape index (κ1) is 16.5. The van der Waals surface area contributed by atoms with Gasteiger partial charge >= 0.3 is 0 Å². The first-order chi connectivity index (χ1) is 12.1. The van der Waals surface area contributed by atoms with E-state index in [4.69, 9.17) is 0 Å². The van der Waals surface area contributed by atoms with Crippen molar-refractivity contribution in [2.45, 2.75) is 0 Å². The molecule has 1 amide bonds. The van der Waals surface area contributed by atoms with Crippen LogP contribution in [0.15, 0.2) is 54.9 Å².